The molecule has 11 heavy (non-hydrogen) atoms. The van der Waals surface area contributed by atoms with Crippen LogP contribution in [-0.2, 0) is 19.1 Å². The Hall–Kier alpha value is -1.39. The van der Waals surface area contributed by atoms with E-state index < -0.39 is 17.8 Å². The Morgan fingerprint density at radius 1 is 1.27 bits per heavy atom. The Bertz CT molecular complexity index is 197. The number of rotatable bonds is 2. The predicted octanol–water partition coefficient (Wildman–Crippen LogP) is 0.186. The normalized spacial score (nSPS) is 10.6. The Morgan fingerprint density at radius 2 is 1.82 bits per heavy atom. The Balaban J connectivity index is 4.21. The van der Waals surface area contributed by atoms with Crippen molar-refractivity contribution in [2.75, 3.05) is 14.2 Å². The van der Waals surface area contributed by atoms with E-state index >= 15 is 0 Å². The summed E-state index contributed by atoms with van der Waals surface area (Å²) in [6.07, 6.45) is 0.409. The second-order valence-electron chi connectivity index (χ2n) is 1.51. The van der Waals surface area contributed by atoms with Gasteiger partial charge in [-0.05, 0) is 0 Å². The van der Waals surface area contributed by atoms with Crippen LogP contribution >= 0.6 is 0 Å². The lowest BCUT2D eigenvalue weighted by Gasteiger charge is -1.93. The smallest absolute Gasteiger partial charge is 0.367 e. The fourth-order valence-electron chi connectivity index (χ4n) is 0.319. The molecule has 0 aromatic heterocycles. The quantitative estimate of drug-likeness (QED) is 0.429. The molecule has 62 valence electrons. The van der Waals surface area contributed by atoms with E-state index in [2.05, 4.69) is 9.47 Å². The summed E-state index contributed by atoms with van der Waals surface area (Å²) in [6, 6.07) is 0. The highest BCUT2D eigenvalue weighted by Crippen LogP contribution is 1.98. The van der Waals surface area contributed by atoms with Crippen molar-refractivity contribution in [3.63, 3.8) is 0 Å². The summed E-state index contributed by atoms with van der Waals surface area (Å²) in [4.78, 5) is 20.6. The molecule has 0 aromatic rings. The molecular weight excluding hydrogens is 155 g/mol. The number of carbonyl (C=O) groups excluding carboxylic acids is 2. The van der Waals surface area contributed by atoms with Gasteiger partial charge in [0.1, 0.15) is 0 Å². The summed E-state index contributed by atoms with van der Waals surface area (Å²) in [6.45, 7) is 0. The minimum absolute atomic E-state index is 0.409. The van der Waals surface area contributed by atoms with Crippen LogP contribution in [0.3, 0.4) is 0 Å². The van der Waals surface area contributed by atoms with E-state index in [0.717, 1.165) is 14.2 Å². The summed E-state index contributed by atoms with van der Waals surface area (Å²) in [5.41, 5.74) is 0. The summed E-state index contributed by atoms with van der Waals surface area (Å²) in [5.74, 6) is -3.41. The first-order chi connectivity index (χ1) is 5.11. The summed E-state index contributed by atoms with van der Waals surface area (Å²) < 4.78 is 20.3. The lowest BCUT2D eigenvalue weighted by molar-refractivity contribution is -0.139. The van der Waals surface area contributed by atoms with Gasteiger partial charge in [0.15, 0.2) is 0 Å². The van der Waals surface area contributed by atoms with Crippen molar-refractivity contribution in [2.24, 2.45) is 0 Å². The molecule has 0 atom stereocenters. The van der Waals surface area contributed by atoms with E-state index in [1.54, 1.807) is 0 Å². The van der Waals surface area contributed by atoms with E-state index in [1.807, 2.05) is 0 Å². The van der Waals surface area contributed by atoms with E-state index in [9.17, 15) is 14.0 Å². The van der Waals surface area contributed by atoms with Crippen LogP contribution in [0, 0.1) is 0 Å². The fraction of sp³-hybridized carbons (Fsp3) is 0.333. The molecule has 0 aliphatic heterocycles. The number of halogens is 1. The zero-order valence-corrected chi connectivity index (χ0v) is 6.09. The molecule has 0 rings (SSSR count). The van der Waals surface area contributed by atoms with Crippen molar-refractivity contribution in [3.8, 4) is 0 Å². The zero-order valence-electron chi connectivity index (χ0n) is 6.09. The van der Waals surface area contributed by atoms with Gasteiger partial charge < -0.3 is 9.47 Å². The van der Waals surface area contributed by atoms with Crippen LogP contribution < -0.4 is 0 Å². The Labute approximate surface area is 62.6 Å². The van der Waals surface area contributed by atoms with Crippen LogP contribution in [0.15, 0.2) is 11.9 Å². The Kier molecular flexibility index (Phi) is 3.87. The van der Waals surface area contributed by atoms with Crippen molar-refractivity contribution < 1.29 is 23.5 Å². The number of ether oxygens (including phenoxy) is 2. The van der Waals surface area contributed by atoms with E-state index in [4.69, 9.17) is 0 Å². The van der Waals surface area contributed by atoms with Gasteiger partial charge in [-0.15, -0.1) is 0 Å². The molecule has 0 heterocycles. The van der Waals surface area contributed by atoms with Gasteiger partial charge in [0.05, 0.1) is 20.3 Å². The Morgan fingerprint density at radius 3 is 2.18 bits per heavy atom. The maximum absolute atomic E-state index is 12.3. The van der Waals surface area contributed by atoms with E-state index in [1.165, 1.54) is 0 Å². The SMILES string of the molecule is COC(=O)/C=C(/F)C(=O)OC. The molecule has 4 nitrogen and oxygen atoms in total. The van der Waals surface area contributed by atoms with Gasteiger partial charge >= 0.3 is 11.9 Å². The average molecular weight is 162 g/mol. The monoisotopic (exact) mass is 162 g/mol. The lowest BCUT2D eigenvalue weighted by atomic mass is 10.5. The van der Waals surface area contributed by atoms with Crippen LogP contribution in [0.25, 0.3) is 0 Å². The van der Waals surface area contributed by atoms with Gasteiger partial charge in [-0.25, -0.2) is 9.59 Å². The molecule has 0 bridgehead atoms. The maximum atomic E-state index is 12.3. The predicted molar refractivity (Wildman–Crippen MR) is 33.2 cm³/mol. The van der Waals surface area contributed by atoms with Crippen LogP contribution in [-0.4, -0.2) is 26.2 Å². The standard InChI is InChI=1S/C6H7FO4/c1-10-5(8)3-4(7)6(9)11-2/h3H,1-2H3/b4-3+. The number of carbonyl (C=O) groups is 2. The number of methoxy groups -OCH3 is 2. The van der Waals surface area contributed by atoms with E-state index in [0.29, 0.717) is 6.08 Å². The molecule has 5 heteroatoms. The van der Waals surface area contributed by atoms with Gasteiger partial charge in [-0.1, -0.05) is 0 Å². The molecule has 0 aliphatic rings. The van der Waals surface area contributed by atoms with Crippen LogP contribution in [0.5, 0.6) is 0 Å². The molecule has 0 unspecified atom stereocenters. The van der Waals surface area contributed by atoms with Crippen LogP contribution in [0.4, 0.5) is 4.39 Å². The van der Waals surface area contributed by atoms with Gasteiger partial charge in [0.2, 0.25) is 5.83 Å². The maximum Gasteiger partial charge on any atom is 0.367 e. The first-order valence-corrected chi connectivity index (χ1v) is 2.65. The van der Waals surface area contributed by atoms with Crippen molar-refractivity contribution in [2.45, 2.75) is 0 Å². The molecule has 0 amide bonds. The van der Waals surface area contributed by atoms with Gasteiger partial charge in [-0.3, -0.25) is 0 Å². The summed E-state index contributed by atoms with van der Waals surface area (Å²) >= 11 is 0. The summed E-state index contributed by atoms with van der Waals surface area (Å²) in [7, 11) is 2.08. The molecule has 0 aliphatic carbocycles. The van der Waals surface area contributed by atoms with Gasteiger partial charge in [0.25, 0.3) is 0 Å². The third kappa shape index (κ3) is 3.34. The van der Waals surface area contributed by atoms with Gasteiger partial charge in [0, 0.05) is 0 Å². The molecule has 0 saturated carbocycles. The molecule has 0 spiro atoms. The highest BCUT2D eigenvalue weighted by Gasteiger charge is 2.10. The molecular formula is C6H7FO4. The molecule has 0 N–H and O–H groups in total. The average Bonchev–Trinajstić information content (AvgIpc) is 2.02. The molecule has 0 radical (unpaired) electrons. The molecule has 0 fully saturated rings. The second-order valence-corrected chi connectivity index (χ2v) is 1.51. The third-order valence-electron chi connectivity index (χ3n) is 0.826. The van der Waals surface area contributed by atoms with Crippen molar-refractivity contribution in [3.05, 3.63) is 11.9 Å². The minimum atomic E-state index is -1.28. The second kappa shape index (κ2) is 4.43. The molecule has 0 saturated heterocycles. The third-order valence-corrected chi connectivity index (χ3v) is 0.826. The minimum Gasteiger partial charge on any atom is -0.466 e. The fourth-order valence-corrected chi connectivity index (χ4v) is 0.319. The number of hydrogen-bond acceptors (Lipinski definition) is 4. The van der Waals surface area contributed by atoms with Crippen molar-refractivity contribution in [1.82, 2.24) is 0 Å². The first-order valence-electron chi connectivity index (χ1n) is 2.65. The zero-order chi connectivity index (χ0) is 8.85. The summed E-state index contributed by atoms with van der Waals surface area (Å²) in [5, 5.41) is 0. The highest BCUT2D eigenvalue weighted by atomic mass is 19.1. The van der Waals surface area contributed by atoms with Crippen molar-refractivity contribution in [1.29, 1.82) is 0 Å². The molecule has 0 aromatic carbocycles. The number of hydrogen-bond donors (Lipinski definition) is 0. The number of esters is 2. The van der Waals surface area contributed by atoms with E-state index in [-0.39, 0.29) is 0 Å². The van der Waals surface area contributed by atoms with Crippen LogP contribution in [0.2, 0.25) is 0 Å². The van der Waals surface area contributed by atoms with Crippen molar-refractivity contribution >= 4 is 11.9 Å². The van der Waals surface area contributed by atoms with Gasteiger partial charge in [-0.2, -0.15) is 4.39 Å². The highest BCUT2D eigenvalue weighted by molar-refractivity contribution is 5.94. The lowest BCUT2D eigenvalue weighted by Crippen LogP contribution is -2.04. The topological polar surface area (TPSA) is 52.6 Å². The first kappa shape index (κ1) is 9.61. The van der Waals surface area contributed by atoms with Crippen LogP contribution in [0.1, 0.15) is 0 Å². The largest absolute Gasteiger partial charge is 0.466 e.